The van der Waals surface area contributed by atoms with Crippen LogP contribution in [-0.2, 0) is 11.2 Å². The molecule has 0 spiro atoms. The van der Waals surface area contributed by atoms with Gasteiger partial charge in [-0.1, -0.05) is 6.92 Å². The Bertz CT molecular complexity index is 309. The number of amides is 1. The number of nitrogens with zero attached hydrogens (tertiary/aromatic N) is 1. The highest BCUT2D eigenvalue weighted by Gasteiger charge is 2.12. The summed E-state index contributed by atoms with van der Waals surface area (Å²) in [7, 11) is 1.82. The normalized spacial score (nSPS) is 12.4. The van der Waals surface area contributed by atoms with Gasteiger partial charge in [-0.15, -0.1) is 0 Å². The Morgan fingerprint density at radius 3 is 2.94 bits per heavy atom. The number of hydrogen-bond acceptors (Lipinski definition) is 3. The topological polar surface area (TPSA) is 59.5 Å². The molecule has 0 bridgehead atoms. The Balaban J connectivity index is 2.29. The van der Waals surface area contributed by atoms with Gasteiger partial charge in [-0.25, -0.2) is 0 Å². The van der Waals surface area contributed by atoms with Gasteiger partial charge in [-0.05, 0) is 24.6 Å². The van der Waals surface area contributed by atoms with E-state index < -0.39 is 0 Å². The zero-order valence-corrected chi connectivity index (χ0v) is 9.98. The molecule has 0 saturated carbocycles. The van der Waals surface area contributed by atoms with Crippen LogP contribution in [0.4, 0.5) is 0 Å². The molecule has 1 atom stereocenters. The highest BCUT2D eigenvalue weighted by Crippen LogP contribution is 2.06. The fourth-order valence-corrected chi connectivity index (χ4v) is 1.52. The van der Waals surface area contributed by atoms with Crippen LogP contribution in [0.25, 0.3) is 0 Å². The molecular formula is C12H20N2O2. The Labute approximate surface area is 96.4 Å². The molecule has 4 nitrogen and oxygen atoms in total. The zero-order chi connectivity index (χ0) is 12.0. The van der Waals surface area contributed by atoms with Crippen LogP contribution in [-0.4, -0.2) is 30.9 Å². The summed E-state index contributed by atoms with van der Waals surface area (Å²) in [6.45, 7) is 3.36. The lowest BCUT2D eigenvalue weighted by atomic mass is 10.1. The molecule has 1 rings (SSSR count). The van der Waals surface area contributed by atoms with Crippen LogP contribution >= 0.6 is 0 Å². The SMILES string of the molecule is CC(CN)CN(C)C(=O)CCc1ccco1. The Kier molecular flexibility index (Phi) is 5.05. The number of carbonyl (C=O) groups excluding carboxylic acids is 1. The van der Waals surface area contributed by atoms with Gasteiger partial charge in [0.05, 0.1) is 6.26 Å². The van der Waals surface area contributed by atoms with Crippen LogP contribution in [0, 0.1) is 5.92 Å². The van der Waals surface area contributed by atoms with Crippen molar-refractivity contribution >= 4 is 5.91 Å². The van der Waals surface area contributed by atoms with Crippen molar-refractivity contribution in [3.8, 4) is 0 Å². The summed E-state index contributed by atoms with van der Waals surface area (Å²) in [4.78, 5) is 13.5. The second-order valence-corrected chi connectivity index (χ2v) is 4.19. The van der Waals surface area contributed by atoms with Crippen LogP contribution in [0.3, 0.4) is 0 Å². The van der Waals surface area contributed by atoms with Crippen molar-refractivity contribution in [2.24, 2.45) is 11.7 Å². The van der Waals surface area contributed by atoms with E-state index in [1.54, 1.807) is 11.2 Å². The number of hydrogen-bond donors (Lipinski definition) is 1. The van der Waals surface area contributed by atoms with E-state index in [4.69, 9.17) is 10.2 Å². The van der Waals surface area contributed by atoms with E-state index >= 15 is 0 Å². The fraction of sp³-hybridized carbons (Fsp3) is 0.583. The zero-order valence-electron chi connectivity index (χ0n) is 9.98. The Morgan fingerprint density at radius 1 is 1.62 bits per heavy atom. The van der Waals surface area contributed by atoms with Gasteiger partial charge in [0.2, 0.25) is 5.91 Å². The maximum atomic E-state index is 11.7. The maximum Gasteiger partial charge on any atom is 0.222 e. The second kappa shape index (κ2) is 6.33. The molecular weight excluding hydrogens is 204 g/mol. The van der Waals surface area contributed by atoms with Crippen LogP contribution < -0.4 is 5.73 Å². The van der Waals surface area contributed by atoms with E-state index in [9.17, 15) is 4.79 Å². The molecule has 1 unspecified atom stereocenters. The van der Waals surface area contributed by atoms with Gasteiger partial charge in [-0.3, -0.25) is 4.79 Å². The van der Waals surface area contributed by atoms with Crippen LogP contribution in [0.2, 0.25) is 0 Å². The minimum Gasteiger partial charge on any atom is -0.469 e. The molecule has 16 heavy (non-hydrogen) atoms. The summed E-state index contributed by atoms with van der Waals surface area (Å²) in [6, 6.07) is 3.72. The summed E-state index contributed by atoms with van der Waals surface area (Å²) in [5, 5.41) is 0. The number of rotatable bonds is 6. The lowest BCUT2D eigenvalue weighted by molar-refractivity contribution is -0.130. The van der Waals surface area contributed by atoms with Gasteiger partial charge in [0.15, 0.2) is 0 Å². The van der Waals surface area contributed by atoms with Crippen molar-refractivity contribution in [2.45, 2.75) is 19.8 Å². The molecule has 0 radical (unpaired) electrons. The predicted octanol–water partition coefficient (Wildman–Crippen LogP) is 1.27. The van der Waals surface area contributed by atoms with Crippen molar-refractivity contribution in [2.75, 3.05) is 20.1 Å². The van der Waals surface area contributed by atoms with Crippen LogP contribution in [0.1, 0.15) is 19.1 Å². The third kappa shape index (κ3) is 4.06. The number of nitrogens with two attached hydrogens (primary N) is 1. The quantitative estimate of drug-likeness (QED) is 0.791. The molecule has 90 valence electrons. The number of furan rings is 1. The Morgan fingerprint density at radius 2 is 2.38 bits per heavy atom. The van der Waals surface area contributed by atoms with E-state index in [0.29, 0.717) is 31.8 Å². The van der Waals surface area contributed by atoms with Gasteiger partial charge in [0.1, 0.15) is 5.76 Å². The Hall–Kier alpha value is -1.29. The van der Waals surface area contributed by atoms with Gasteiger partial charge in [0, 0.05) is 26.4 Å². The van der Waals surface area contributed by atoms with E-state index in [2.05, 4.69) is 0 Å². The predicted molar refractivity (Wildman–Crippen MR) is 62.9 cm³/mol. The molecule has 0 aliphatic rings. The second-order valence-electron chi connectivity index (χ2n) is 4.19. The summed E-state index contributed by atoms with van der Waals surface area (Å²) < 4.78 is 5.18. The van der Waals surface area contributed by atoms with Gasteiger partial charge in [0.25, 0.3) is 0 Å². The third-order valence-electron chi connectivity index (χ3n) is 2.58. The van der Waals surface area contributed by atoms with E-state index in [-0.39, 0.29) is 5.91 Å². The molecule has 1 aromatic heterocycles. The molecule has 2 N–H and O–H groups in total. The van der Waals surface area contributed by atoms with Crippen molar-refractivity contribution in [3.63, 3.8) is 0 Å². The first kappa shape index (κ1) is 12.8. The lowest BCUT2D eigenvalue weighted by Gasteiger charge is -2.20. The third-order valence-corrected chi connectivity index (χ3v) is 2.58. The van der Waals surface area contributed by atoms with Gasteiger partial charge in [-0.2, -0.15) is 0 Å². The van der Waals surface area contributed by atoms with Crippen molar-refractivity contribution in [1.82, 2.24) is 4.90 Å². The average Bonchev–Trinajstić information content (AvgIpc) is 2.78. The number of aryl methyl sites for hydroxylation is 1. The minimum absolute atomic E-state index is 0.136. The molecule has 0 aliphatic carbocycles. The van der Waals surface area contributed by atoms with Crippen molar-refractivity contribution < 1.29 is 9.21 Å². The molecule has 0 saturated heterocycles. The molecule has 1 amide bonds. The summed E-state index contributed by atoms with van der Waals surface area (Å²) in [5.41, 5.74) is 5.52. The first-order valence-corrected chi connectivity index (χ1v) is 5.60. The molecule has 0 aliphatic heterocycles. The first-order chi connectivity index (χ1) is 7.63. The van der Waals surface area contributed by atoms with Crippen LogP contribution in [0.15, 0.2) is 22.8 Å². The largest absolute Gasteiger partial charge is 0.469 e. The molecule has 1 heterocycles. The van der Waals surface area contributed by atoms with Crippen molar-refractivity contribution in [3.05, 3.63) is 24.2 Å². The smallest absolute Gasteiger partial charge is 0.222 e. The monoisotopic (exact) mass is 224 g/mol. The standard InChI is InChI=1S/C12H20N2O2/c1-10(8-13)9-14(2)12(15)6-5-11-4-3-7-16-11/h3-4,7,10H,5-6,8-9,13H2,1-2H3. The summed E-state index contributed by atoms with van der Waals surface area (Å²) >= 11 is 0. The number of carbonyl (C=O) groups is 1. The minimum atomic E-state index is 0.136. The highest BCUT2D eigenvalue weighted by molar-refractivity contribution is 5.76. The molecule has 4 heteroatoms. The maximum absolute atomic E-state index is 11.7. The molecule has 1 aromatic rings. The highest BCUT2D eigenvalue weighted by atomic mass is 16.3. The summed E-state index contributed by atoms with van der Waals surface area (Å²) in [6.07, 6.45) is 2.77. The average molecular weight is 224 g/mol. The van der Waals surface area contributed by atoms with E-state index in [0.717, 1.165) is 5.76 Å². The molecule has 0 aromatic carbocycles. The fourth-order valence-electron chi connectivity index (χ4n) is 1.52. The van der Waals surface area contributed by atoms with Crippen molar-refractivity contribution in [1.29, 1.82) is 0 Å². The first-order valence-electron chi connectivity index (χ1n) is 5.60. The van der Waals surface area contributed by atoms with Crippen LogP contribution in [0.5, 0.6) is 0 Å². The van der Waals surface area contributed by atoms with E-state index in [1.807, 2.05) is 26.1 Å². The van der Waals surface area contributed by atoms with Gasteiger partial charge >= 0.3 is 0 Å². The lowest BCUT2D eigenvalue weighted by Crippen LogP contribution is -2.33. The summed E-state index contributed by atoms with van der Waals surface area (Å²) in [5.74, 6) is 1.34. The molecule has 0 fully saturated rings. The van der Waals surface area contributed by atoms with E-state index in [1.165, 1.54) is 0 Å². The van der Waals surface area contributed by atoms with Gasteiger partial charge < -0.3 is 15.1 Å².